The van der Waals surface area contributed by atoms with Gasteiger partial charge in [0.25, 0.3) is 0 Å². The molecule has 0 atom stereocenters. The van der Waals surface area contributed by atoms with Crippen molar-refractivity contribution in [2.45, 2.75) is 118 Å². The number of hydrogen-bond donors (Lipinski definition) is 0. The van der Waals surface area contributed by atoms with E-state index in [0.717, 1.165) is 25.9 Å². The molecule has 1 amide bonds. The van der Waals surface area contributed by atoms with Crippen LogP contribution in [0.2, 0.25) is 13.3 Å². The molecule has 1 fully saturated rings. The van der Waals surface area contributed by atoms with Crippen molar-refractivity contribution in [2.75, 3.05) is 13.1 Å². The number of hydrogen-bond acceptors (Lipinski definition) is 3. The van der Waals surface area contributed by atoms with E-state index in [0.29, 0.717) is 5.92 Å². The van der Waals surface area contributed by atoms with Crippen LogP contribution in [-0.2, 0) is 4.74 Å². The van der Waals surface area contributed by atoms with Gasteiger partial charge >= 0.3 is 202 Å². The number of amides is 1. The third-order valence-corrected chi connectivity index (χ3v) is 22.1. The van der Waals surface area contributed by atoms with E-state index in [4.69, 9.17) is 9.72 Å². The normalized spacial score (nSPS) is 15.8. The van der Waals surface area contributed by atoms with Gasteiger partial charge in [0, 0.05) is 0 Å². The minimum absolute atomic E-state index is 0.175. The zero-order valence-electron chi connectivity index (χ0n) is 21.7. The third kappa shape index (κ3) is 8.21. The standard InChI is InChI=1S/C15H21N2O2.3C4H9.Sn/c1-15(2,3)19-14(18)17-9-6-12(7-10-17)13-5-4-8-16-11-13;3*1-3-4-2;/h4-5,11-12H,6-7,9-10H2,1-3H3;3*1,3-4H2,2H3;. The number of nitrogens with zero attached hydrogens (tertiary/aromatic N) is 2. The fourth-order valence-corrected chi connectivity index (χ4v) is 20.4. The molecule has 5 heteroatoms. The predicted octanol–water partition coefficient (Wildman–Crippen LogP) is 7.25. The summed E-state index contributed by atoms with van der Waals surface area (Å²) in [6.07, 6.45) is 12.0. The summed E-state index contributed by atoms with van der Waals surface area (Å²) >= 11 is -2.44. The Morgan fingerprint density at radius 1 is 1.00 bits per heavy atom. The minimum atomic E-state index is -2.44. The molecule has 0 radical (unpaired) electrons. The summed E-state index contributed by atoms with van der Waals surface area (Å²) in [4.78, 5) is 19.4. The Morgan fingerprint density at radius 3 is 1.94 bits per heavy atom. The van der Waals surface area contributed by atoms with Crippen molar-refractivity contribution in [2.24, 2.45) is 0 Å². The van der Waals surface area contributed by atoms with Crippen LogP contribution in [-0.4, -0.2) is 53.0 Å². The Kier molecular flexibility index (Phi) is 11.3. The molecule has 0 bridgehead atoms. The molecule has 1 saturated heterocycles. The summed E-state index contributed by atoms with van der Waals surface area (Å²) in [5.74, 6) is 0.502. The first-order chi connectivity index (χ1) is 15.2. The average Bonchev–Trinajstić information content (AvgIpc) is 2.78. The van der Waals surface area contributed by atoms with Gasteiger partial charge < -0.3 is 0 Å². The SMILES string of the molecule is CCC[CH2][Sn]([CH2]CCC)([CH2]CCC)[c]1ccc(C2CCN(C(=O)OC(C)(C)C)CC2)cn1. The molecule has 0 unspecified atom stereocenters. The fraction of sp³-hybridized carbons (Fsp3) is 0.778. The quantitative estimate of drug-likeness (QED) is 0.272. The summed E-state index contributed by atoms with van der Waals surface area (Å²) in [7, 11) is 0. The number of ether oxygens (including phenoxy) is 1. The molecule has 0 aliphatic carbocycles. The van der Waals surface area contributed by atoms with Crippen molar-refractivity contribution in [3.05, 3.63) is 23.9 Å². The molecule has 0 N–H and O–H groups in total. The van der Waals surface area contributed by atoms with Crippen molar-refractivity contribution >= 4 is 28.2 Å². The van der Waals surface area contributed by atoms with Crippen molar-refractivity contribution in [3.8, 4) is 0 Å². The molecule has 0 spiro atoms. The molecule has 182 valence electrons. The van der Waals surface area contributed by atoms with Gasteiger partial charge in [-0.15, -0.1) is 0 Å². The first kappa shape index (κ1) is 27.5. The van der Waals surface area contributed by atoms with E-state index in [1.54, 1.807) is 0 Å². The van der Waals surface area contributed by atoms with E-state index in [1.807, 2.05) is 25.7 Å². The number of unbranched alkanes of at least 4 members (excludes halogenated alkanes) is 3. The number of pyridine rings is 1. The first-order valence-corrected chi connectivity index (χ1v) is 20.7. The second kappa shape index (κ2) is 13.2. The molecule has 1 aliphatic heterocycles. The van der Waals surface area contributed by atoms with Gasteiger partial charge in [0.1, 0.15) is 0 Å². The van der Waals surface area contributed by atoms with Crippen LogP contribution in [0.1, 0.15) is 104 Å². The molecular formula is C27H48N2O2Sn. The van der Waals surface area contributed by atoms with Crippen LogP contribution in [0, 0.1) is 0 Å². The summed E-state index contributed by atoms with van der Waals surface area (Å²) in [5, 5.41) is 0. The molecule has 1 aromatic heterocycles. The fourth-order valence-electron chi connectivity index (χ4n) is 4.99. The number of carbonyl (C=O) groups excluding carboxylic acids is 1. The molecule has 0 saturated carbocycles. The number of rotatable bonds is 11. The van der Waals surface area contributed by atoms with Crippen molar-refractivity contribution in [1.82, 2.24) is 9.88 Å². The Hall–Kier alpha value is -0.781. The van der Waals surface area contributed by atoms with Crippen molar-refractivity contribution in [3.63, 3.8) is 0 Å². The second-order valence-electron chi connectivity index (χ2n) is 10.8. The van der Waals surface area contributed by atoms with Gasteiger partial charge in [-0.25, -0.2) is 0 Å². The van der Waals surface area contributed by atoms with Gasteiger partial charge in [-0.1, -0.05) is 0 Å². The topological polar surface area (TPSA) is 42.4 Å². The van der Waals surface area contributed by atoms with Gasteiger partial charge in [0.05, 0.1) is 0 Å². The summed E-state index contributed by atoms with van der Waals surface area (Å²) in [6, 6.07) is 4.80. The molecule has 4 nitrogen and oxygen atoms in total. The predicted molar refractivity (Wildman–Crippen MR) is 139 cm³/mol. The van der Waals surface area contributed by atoms with Crippen LogP contribution in [0.3, 0.4) is 0 Å². The Morgan fingerprint density at radius 2 is 1.53 bits per heavy atom. The molecule has 2 rings (SSSR count). The van der Waals surface area contributed by atoms with Gasteiger partial charge in [0.15, 0.2) is 0 Å². The number of likely N-dealkylation sites (tertiary alicyclic amines) is 1. The molecule has 1 aromatic rings. The number of piperidine rings is 1. The Labute approximate surface area is 201 Å². The van der Waals surface area contributed by atoms with Crippen LogP contribution in [0.4, 0.5) is 4.79 Å². The van der Waals surface area contributed by atoms with Crippen LogP contribution >= 0.6 is 0 Å². The van der Waals surface area contributed by atoms with Gasteiger partial charge in [0.2, 0.25) is 0 Å². The molecular weight excluding hydrogens is 503 g/mol. The van der Waals surface area contributed by atoms with Crippen molar-refractivity contribution < 1.29 is 9.53 Å². The average molecular weight is 551 g/mol. The molecule has 1 aliphatic rings. The van der Waals surface area contributed by atoms with Gasteiger partial charge in [-0.2, -0.15) is 0 Å². The zero-order chi connectivity index (χ0) is 23.6. The Bertz CT molecular complexity index is 654. The monoisotopic (exact) mass is 552 g/mol. The van der Waals surface area contributed by atoms with Crippen LogP contribution < -0.4 is 3.71 Å². The van der Waals surface area contributed by atoms with E-state index in [9.17, 15) is 4.79 Å². The van der Waals surface area contributed by atoms with E-state index in [1.165, 1.54) is 61.1 Å². The summed E-state index contributed by atoms with van der Waals surface area (Å²) < 4.78 is 11.5. The van der Waals surface area contributed by atoms with Crippen LogP contribution in [0.15, 0.2) is 18.3 Å². The zero-order valence-corrected chi connectivity index (χ0v) is 24.6. The molecule has 32 heavy (non-hydrogen) atoms. The molecule has 0 aromatic carbocycles. The summed E-state index contributed by atoms with van der Waals surface area (Å²) in [5.41, 5.74) is 0.929. The Balaban J connectivity index is 2.08. The second-order valence-corrected chi connectivity index (χ2v) is 23.9. The third-order valence-electron chi connectivity index (χ3n) is 6.97. The number of aromatic nitrogens is 1. The maximum absolute atomic E-state index is 12.4. The van der Waals surface area contributed by atoms with Gasteiger partial charge in [-0.3, -0.25) is 0 Å². The molecule has 2 heterocycles. The maximum atomic E-state index is 12.4. The van der Waals surface area contributed by atoms with Crippen LogP contribution in [0.25, 0.3) is 0 Å². The summed E-state index contributed by atoms with van der Waals surface area (Å²) in [6.45, 7) is 14.3. The number of carbonyl (C=O) groups is 1. The van der Waals surface area contributed by atoms with E-state index < -0.39 is 24.0 Å². The van der Waals surface area contributed by atoms with E-state index in [-0.39, 0.29) is 6.09 Å². The van der Waals surface area contributed by atoms with Gasteiger partial charge in [-0.05, 0) is 0 Å². The van der Waals surface area contributed by atoms with E-state index >= 15 is 0 Å². The van der Waals surface area contributed by atoms with Crippen LogP contribution in [0.5, 0.6) is 0 Å². The van der Waals surface area contributed by atoms with Crippen molar-refractivity contribution in [1.29, 1.82) is 0 Å². The first-order valence-electron chi connectivity index (χ1n) is 13.2. The van der Waals surface area contributed by atoms with E-state index in [2.05, 4.69) is 39.1 Å².